The molecule has 4 heteroatoms. The molecule has 1 aliphatic heterocycles. The first-order valence-electron chi connectivity index (χ1n) is 6.87. The monoisotopic (exact) mass is 286 g/mol. The van der Waals surface area contributed by atoms with E-state index in [2.05, 4.69) is 11.8 Å². The zero-order chi connectivity index (χ0) is 13.0. The molecule has 1 saturated heterocycles. The summed E-state index contributed by atoms with van der Waals surface area (Å²) in [6, 6.07) is 6.88. The molecule has 108 valence electrons. The highest BCUT2D eigenvalue weighted by Crippen LogP contribution is 2.21. The third kappa shape index (κ3) is 4.75. The molecule has 2 nitrogen and oxygen atoms in total. The van der Waals surface area contributed by atoms with Crippen LogP contribution in [0.15, 0.2) is 24.3 Å². The number of likely N-dealkylation sites (tertiary alicyclic amines) is 1. The summed E-state index contributed by atoms with van der Waals surface area (Å²) in [5.41, 5.74) is 6.97. The minimum Gasteiger partial charge on any atom is -0.330 e. The summed E-state index contributed by atoms with van der Waals surface area (Å²) in [4.78, 5) is 2.50. The van der Waals surface area contributed by atoms with Crippen LogP contribution in [0.2, 0.25) is 0 Å². The van der Waals surface area contributed by atoms with E-state index in [1.807, 2.05) is 12.1 Å². The molecule has 1 aliphatic rings. The summed E-state index contributed by atoms with van der Waals surface area (Å²) < 4.78 is 12.9. The van der Waals surface area contributed by atoms with Gasteiger partial charge in [0.05, 0.1) is 0 Å². The summed E-state index contributed by atoms with van der Waals surface area (Å²) in [7, 11) is 0. The summed E-state index contributed by atoms with van der Waals surface area (Å²) >= 11 is 0. The van der Waals surface area contributed by atoms with E-state index in [1.54, 1.807) is 12.1 Å². The SMILES string of the molecule is CC(CN1CCCC(CN)C1)c1ccc(F)cc1.Cl. The standard InChI is InChI=1S/C15H23FN2.ClH/c1-12(14-4-6-15(16)7-5-14)10-18-8-2-3-13(9-17)11-18;/h4-7,12-13H,2-3,8-11,17H2,1H3;1H. The third-order valence-corrected chi connectivity index (χ3v) is 3.91. The van der Waals surface area contributed by atoms with Crippen molar-refractivity contribution in [3.05, 3.63) is 35.6 Å². The van der Waals surface area contributed by atoms with E-state index < -0.39 is 0 Å². The van der Waals surface area contributed by atoms with E-state index in [1.165, 1.54) is 24.9 Å². The molecule has 2 N–H and O–H groups in total. The Morgan fingerprint density at radius 3 is 2.68 bits per heavy atom. The van der Waals surface area contributed by atoms with E-state index in [0.717, 1.165) is 19.6 Å². The van der Waals surface area contributed by atoms with Crippen LogP contribution in [-0.4, -0.2) is 31.1 Å². The second-order valence-electron chi connectivity index (χ2n) is 5.46. The minimum atomic E-state index is -0.160. The molecule has 0 aromatic heterocycles. The van der Waals surface area contributed by atoms with Crippen LogP contribution < -0.4 is 5.73 Å². The summed E-state index contributed by atoms with van der Waals surface area (Å²) in [6.07, 6.45) is 2.51. The summed E-state index contributed by atoms with van der Waals surface area (Å²) in [5.74, 6) is 0.938. The maximum atomic E-state index is 12.9. The fourth-order valence-corrected chi connectivity index (χ4v) is 2.79. The van der Waals surface area contributed by atoms with Crippen molar-refractivity contribution in [2.24, 2.45) is 11.7 Å². The Morgan fingerprint density at radius 2 is 2.05 bits per heavy atom. The predicted octanol–water partition coefficient (Wildman–Crippen LogP) is 3.02. The topological polar surface area (TPSA) is 29.3 Å². The zero-order valence-corrected chi connectivity index (χ0v) is 12.3. The predicted molar refractivity (Wildman–Crippen MR) is 80.3 cm³/mol. The van der Waals surface area contributed by atoms with Crippen LogP contribution in [0, 0.1) is 11.7 Å². The molecule has 0 saturated carbocycles. The molecule has 1 aromatic carbocycles. The van der Waals surface area contributed by atoms with Crippen molar-refractivity contribution in [3.63, 3.8) is 0 Å². The molecule has 1 heterocycles. The highest BCUT2D eigenvalue weighted by Gasteiger charge is 2.20. The van der Waals surface area contributed by atoms with E-state index in [-0.39, 0.29) is 18.2 Å². The number of nitrogens with zero attached hydrogens (tertiary/aromatic N) is 1. The van der Waals surface area contributed by atoms with E-state index in [9.17, 15) is 4.39 Å². The van der Waals surface area contributed by atoms with Gasteiger partial charge in [-0.2, -0.15) is 0 Å². The fourth-order valence-electron chi connectivity index (χ4n) is 2.79. The van der Waals surface area contributed by atoms with Gasteiger partial charge in [0, 0.05) is 13.1 Å². The van der Waals surface area contributed by atoms with Gasteiger partial charge in [-0.05, 0) is 55.5 Å². The van der Waals surface area contributed by atoms with Crippen molar-refractivity contribution in [3.8, 4) is 0 Å². The molecule has 19 heavy (non-hydrogen) atoms. The Morgan fingerprint density at radius 1 is 1.37 bits per heavy atom. The molecule has 1 fully saturated rings. The molecule has 0 aliphatic carbocycles. The molecular weight excluding hydrogens is 263 g/mol. The normalized spacial score (nSPS) is 21.7. The number of nitrogens with two attached hydrogens (primary N) is 1. The lowest BCUT2D eigenvalue weighted by molar-refractivity contribution is 0.171. The minimum absolute atomic E-state index is 0. The van der Waals surface area contributed by atoms with Gasteiger partial charge in [0.25, 0.3) is 0 Å². The van der Waals surface area contributed by atoms with Crippen LogP contribution in [-0.2, 0) is 0 Å². The average Bonchev–Trinajstić information content (AvgIpc) is 2.39. The van der Waals surface area contributed by atoms with Crippen LogP contribution in [0.4, 0.5) is 4.39 Å². The van der Waals surface area contributed by atoms with Crippen molar-refractivity contribution in [2.75, 3.05) is 26.2 Å². The molecular formula is C15H24ClFN2. The zero-order valence-electron chi connectivity index (χ0n) is 11.5. The highest BCUT2D eigenvalue weighted by atomic mass is 35.5. The molecule has 0 radical (unpaired) electrons. The first-order chi connectivity index (χ1) is 8.69. The van der Waals surface area contributed by atoms with Crippen molar-refractivity contribution < 1.29 is 4.39 Å². The molecule has 2 unspecified atom stereocenters. The molecule has 2 rings (SSSR count). The van der Waals surface area contributed by atoms with Crippen LogP contribution in [0.5, 0.6) is 0 Å². The van der Waals surface area contributed by atoms with Gasteiger partial charge in [0.2, 0.25) is 0 Å². The first kappa shape index (κ1) is 16.4. The summed E-state index contributed by atoms with van der Waals surface area (Å²) in [5, 5.41) is 0. The lowest BCUT2D eigenvalue weighted by Crippen LogP contribution is -2.40. The number of rotatable bonds is 4. The lowest BCUT2D eigenvalue weighted by Gasteiger charge is -2.33. The van der Waals surface area contributed by atoms with Gasteiger partial charge in [-0.15, -0.1) is 12.4 Å². The molecule has 0 amide bonds. The second kappa shape index (κ2) is 7.83. The quantitative estimate of drug-likeness (QED) is 0.922. The number of hydrogen-bond acceptors (Lipinski definition) is 2. The van der Waals surface area contributed by atoms with Crippen molar-refractivity contribution in [2.45, 2.75) is 25.7 Å². The maximum absolute atomic E-state index is 12.9. The number of benzene rings is 1. The largest absolute Gasteiger partial charge is 0.330 e. The van der Waals surface area contributed by atoms with Crippen LogP contribution >= 0.6 is 12.4 Å². The highest BCUT2D eigenvalue weighted by molar-refractivity contribution is 5.85. The van der Waals surface area contributed by atoms with Gasteiger partial charge in [0.15, 0.2) is 0 Å². The molecule has 0 bridgehead atoms. The van der Waals surface area contributed by atoms with Gasteiger partial charge in [-0.1, -0.05) is 19.1 Å². The van der Waals surface area contributed by atoms with E-state index in [0.29, 0.717) is 11.8 Å². The van der Waals surface area contributed by atoms with Crippen molar-refractivity contribution in [1.82, 2.24) is 4.90 Å². The molecule has 1 aromatic rings. The van der Waals surface area contributed by atoms with E-state index in [4.69, 9.17) is 5.73 Å². The molecule has 0 spiro atoms. The molecule has 2 atom stereocenters. The van der Waals surface area contributed by atoms with Gasteiger partial charge in [-0.25, -0.2) is 4.39 Å². The van der Waals surface area contributed by atoms with Gasteiger partial charge in [-0.3, -0.25) is 0 Å². The smallest absolute Gasteiger partial charge is 0.123 e. The average molecular weight is 287 g/mol. The maximum Gasteiger partial charge on any atom is 0.123 e. The number of hydrogen-bond donors (Lipinski definition) is 1. The van der Waals surface area contributed by atoms with Crippen molar-refractivity contribution >= 4 is 12.4 Å². The Bertz CT molecular complexity index is 369. The lowest BCUT2D eigenvalue weighted by atomic mass is 9.95. The van der Waals surface area contributed by atoms with Gasteiger partial charge < -0.3 is 10.6 Å². The third-order valence-electron chi connectivity index (χ3n) is 3.91. The van der Waals surface area contributed by atoms with Gasteiger partial charge >= 0.3 is 0 Å². The fraction of sp³-hybridized carbons (Fsp3) is 0.600. The number of piperidine rings is 1. The van der Waals surface area contributed by atoms with E-state index >= 15 is 0 Å². The van der Waals surface area contributed by atoms with Gasteiger partial charge in [0.1, 0.15) is 5.82 Å². The Balaban J connectivity index is 0.00000180. The van der Waals surface area contributed by atoms with Crippen LogP contribution in [0.1, 0.15) is 31.2 Å². The number of halogens is 2. The second-order valence-corrected chi connectivity index (χ2v) is 5.46. The Hall–Kier alpha value is -0.640. The first-order valence-corrected chi connectivity index (χ1v) is 6.87. The van der Waals surface area contributed by atoms with Crippen molar-refractivity contribution in [1.29, 1.82) is 0 Å². The van der Waals surface area contributed by atoms with Crippen LogP contribution in [0.3, 0.4) is 0 Å². The Kier molecular flexibility index (Phi) is 6.76. The Labute approximate surface area is 121 Å². The van der Waals surface area contributed by atoms with Crippen LogP contribution in [0.25, 0.3) is 0 Å². The summed E-state index contributed by atoms with van der Waals surface area (Å²) in [6.45, 7) is 6.33.